The zero-order chi connectivity index (χ0) is 24.4. The highest BCUT2D eigenvalue weighted by atomic mass is 32.2. The highest BCUT2D eigenvalue weighted by Crippen LogP contribution is 2.34. The number of aromatic nitrogens is 2. The molecule has 1 amide bonds. The Labute approximate surface area is 214 Å². The Morgan fingerprint density at radius 2 is 1.83 bits per heavy atom. The van der Waals surface area contributed by atoms with Crippen LogP contribution < -0.4 is 10.5 Å². The van der Waals surface area contributed by atoms with Gasteiger partial charge >= 0.3 is 0 Å². The summed E-state index contributed by atoms with van der Waals surface area (Å²) in [5.74, 6) is 1.12. The maximum absolute atomic E-state index is 13.6. The Balaban J connectivity index is 1.47. The van der Waals surface area contributed by atoms with Gasteiger partial charge < -0.3 is 4.90 Å². The van der Waals surface area contributed by atoms with Crippen molar-refractivity contribution in [2.75, 3.05) is 24.5 Å². The number of carbonyl (C=O) groups is 1. The van der Waals surface area contributed by atoms with Crippen molar-refractivity contribution < 1.29 is 4.79 Å². The number of anilines is 1. The van der Waals surface area contributed by atoms with Crippen molar-refractivity contribution in [3.8, 4) is 0 Å². The molecule has 0 radical (unpaired) electrons. The highest BCUT2D eigenvalue weighted by molar-refractivity contribution is 8.26. The van der Waals surface area contributed by atoms with E-state index in [4.69, 9.17) is 17.2 Å². The number of nitrogens with zero attached hydrogens (tertiary/aromatic N) is 4. The summed E-state index contributed by atoms with van der Waals surface area (Å²) in [7, 11) is 0. The van der Waals surface area contributed by atoms with Crippen LogP contribution in [0.2, 0.25) is 0 Å². The summed E-state index contributed by atoms with van der Waals surface area (Å²) in [6.07, 6.45) is 7.37. The van der Waals surface area contributed by atoms with E-state index in [0.29, 0.717) is 38.7 Å². The molecular weight excluding hydrogens is 476 g/mol. The first-order chi connectivity index (χ1) is 17.0. The molecule has 0 saturated carbocycles. The lowest BCUT2D eigenvalue weighted by atomic mass is 9.90. The Morgan fingerprint density at radius 3 is 2.57 bits per heavy atom. The van der Waals surface area contributed by atoms with Gasteiger partial charge in [0.15, 0.2) is 0 Å². The normalized spacial score (nSPS) is 18.3. The number of hydrogen-bond donors (Lipinski definition) is 0. The first kappa shape index (κ1) is 23.8. The average molecular weight is 505 g/mol. The van der Waals surface area contributed by atoms with Crippen LogP contribution in [0.5, 0.6) is 0 Å². The molecule has 2 aliphatic heterocycles. The number of carbonyl (C=O) groups excluding carboxylic acids is 1. The van der Waals surface area contributed by atoms with Crippen molar-refractivity contribution in [1.82, 2.24) is 14.3 Å². The number of benzene rings is 1. The highest BCUT2D eigenvalue weighted by Gasteiger charge is 2.32. The van der Waals surface area contributed by atoms with E-state index >= 15 is 0 Å². The quantitative estimate of drug-likeness (QED) is 0.356. The fourth-order valence-electron chi connectivity index (χ4n) is 4.80. The van der Waals surface area contributed by atoms with Gasteiger partial charge in [0.25, 0.3) is 11.5 Å². The molecule has 3 aromatic rings. The minimum Gasteiger partial charge on any atom is -0.356 e. The van der Waals surface area contributed by atoms with Crippen LogP contribution in [0.4, 0.5) is 5.82 Å². The van der Waals surface area contributed by atoms with Crippen LogP contribution in [0.15, 0.2) is 64.4 Å². The molecule has 180 valence electrons. The molecule has 8 heteroatoms. The van der Waals surface area contributed by atoms with Gasteiger partial charge in [0.2, 0.25) is 0 Å². The molecule has 6 nitrogen and oxygen atoms in total. The van der Waals surface area contributed by atoms with E-state index in [0.717, 1.165) is 38.8 Å². The molecule has 0 unspecified atom stereocenters. The average Bonchev–Trinajstić information content (AvgIpc) is 3.14. The van der Waals surface area contributed by atoms with E-state index in [1.807, 2.05) is 31.2 Å². The summed E-state index contributed by atoms with van der Waals surface area (Å²) >= 11 is 6.69. The first-order valence-corrected chi connectivity index (χ1v) is 13.3. The molecule has 0 N–H and O–H groups in total. The second-order valence-electron chi connectivity index (χ2n) is 9.04. The number of thiocarbonyl (C=S) groups is 1. The van der Waals surface area contributed by atoms with Crippen LogP contribution in [0.1, 0.15) is 37.3 Å². The molecule has 4 heterocycles. The zero-order valence-corrected chi connectivity index (χ0v) is 21.4. The molecule has 0 atom stereocenters. The number of rotatable bonds is 6. The molecular formula is C27H28N4O2S2. The molecule has 0 aliphatic carbocycles. The van der Waals surface area contributed by atoms with Gasteiger partial charge in [-0.2, -0.15) is 0 Å². The Bertz CT molecular complexity index is 1340. The largest absolute Gasteiger partial charge is 0.356 e. The fraction of sp³-hybridized carbons (Fsp3) is 0.333. The van der Waals surface area contributed by atoms with Gasteiger partial charge in [-0.3, -0.25) is 18.9 Å². The van der Waals surface area contributed by atoms with Crippen LogP contribution in [0.25, 0.3) is 11.7 Å². The van der Waals surface area contributed by atoms with Crippen LogP contribution in [0.3, 0.4) is 0 Å². The van der Waals surface area contributed by atoms with Gasteiger partial charge in [-0.05, 0) is 55.4 Å². The molecule has 1 aromatic carbocycles. The van der Waals surface area contributed by atoms with E-state index in [9.17, 15) is 9.59 Å². The van der Waals surface area contributed by atoms with Gasteiger partial charge in [-0.1, -0.05) is 67.3 Å². The third-order valence-electron chi connectivity index (χ3n) is 6.63. The summed E-state index contributed by atoms with van der Waals surface area (Å²) in [4.78, 5) is 35.8. The van der Waals surface area contributed by atoms with Crippen LogP contribution in [0, 0.1) is 5.92 Å². The molecule has 2 aliphatic rings. The minimum absolute atomic E-state index is 0.132. The number of thioether (sulfide) groups is 1. The number of fused-ring (bicyclic) bond motifs is 1. The lowest BCUT2D eigenvalue weighted by Crippen LogP contribution is -2.37. The van der Waals surface area contributed by atoms with Crippen LogP contribution in [-0.4, -0.2) is 44.1 Å². The van der Waals surface area contributed by atoms with Crippen LogP contribution >= 0.6 is 24.0 Å². The van der Waals surface area contributed by atoms with Crippen LogP contribution in [-0.2, 0) is 11.2 Å². The van der Waals surface area contributed by atoms with E-state index in [-0.39, 0.29) is 11.5 Å². The second kappa shape index (κ2) is 10.3. The van der Waals surface area contributed by atoms with E-state index in [1.54, 1.807) is 21.6 Å². The standard InChI is InChI=1S/C27H28N4O2S2/c1-2-13-31-26(33)22(35-27(31)34)18-21-24(28-23-10-6-7-14-30(23)25(21)32)29-15-11-20(12-16-29)17-19-8-4-3-5-9-19/h3-10,14,18,20H,2,11-13,15-17H2,1H3. The summed E-state index contributed by atoms with van der Waals surface area (Å²) in [5, 5.41) is 0. The predicted molar refractivity (Wildman–Crippen MR) is 147 cm³/mol. The molecule has 2 aromatic heterocycles. The minimum atomic E-state index is -0.169. The predicted octanol–water partition coefficient (Wildman–Crippen LogP) is 4.76. The number of pyridine rings is 1. The van der Waals surface area contributed by atoms with Crippen molar-refractivity contribution >= 4 is 51.7 Å². The molecule has 2 fully saturated rings. The van der Waals surface area contributed by atoms with Gasteiger partial charge in [-0.25, -0.2) is 4.98 Å². The van der Waals surface area contributed by atoms with Gasteiger partial charge in [0.05, 0.1) is 10.5 Å². The molecule has 35 heavy (non-hydrogen) atoms. The van der Waals surface area contributed by atoms with E-state index in [1.165, 1.54) is 17.3 Å². The monoisotopic (exact) mass is 504 g/mol. The van der Waals surface area contributed by atoms with E-state index < -0.39 is 0 Å². The van der Waals surface area contributed by atoms with Crippen molar-refractivity contribution in [2.24, 2.45) is 5.92 Å². The number of hydrogen-bond acceptors (Lipinski definition) is 6. The lowest BCUT2D eigenvalue weighted by molar-refractivity contribution is -0.122. The van der Waals surface area contributed by atoms with Crippen molar-refractivity contribution in [3.05, 3.63) is 81.1 Å². The van der Waals surface area contributed by atoms with Gasteiger partial charge in [-0.15, -0.1) is 0 Å². The van der Waals surface area contributed by atoms with Crippen molar-refractivity contribution in [1.29, 1.82) is 0 Å². The molecule has 0 spiro atoms. The van der Waals surface area contributed by atoms with Crippen molar-refractivity contribution in [3.63, 3.8) is 0 Å². The smallest absolute Gasteiger partial charge is 0.267 e. The number of amides is 1. The maximum Gasteiger partial charge on any atom is 0.267 e. The zero-order valence-electron chi connectivity index (χ0n) is 19.7. The maximum atomic E-state index is 13.6. The lowest BCUT2D eigenvalue weighted by Gasteiger charge is -2.33. The molecule has 0 bridgehead atoms. The molecule has 5 rings (SSSR count). The fourth-order valence-corrected chi connectivity index (χ4v) is 6.09. The Hall–Kier alpha value is -2.97. The SMILES string of the molecule is CCCN1C(=O)C(=Cc2c(N3CCC(Cc4ccccc4)CC3)nc3ccccn3c2=O)SC1=S. The second-order valence-corrected chi connectivity index (χ2v) is 10.7. The van der Waals surface area contributed by atoms with Crippen molar-refractivity contribution in [2.45, 2.75) is 32.6 Å². The third-order valence-corrected chi connectivity index (χ3v) is 8.00. The molecule has 2 saturated heterocycles. The number of piperidine rings is 1. The summed E-state index contributed by atoms with van der Waals surface area (Å²) in [6, 6.07) is 16.1. The summed E-state index contributed by atoms with van der Waals surface area (Å²) in [5.41, 5.74) is 2.25. The van der Waals surface area contributed by atoms with Gasteiger partial charge in [0.1, 0.15) is 15.8 Å². The Kier molecular flexibility index (Phi) is 7.02. The Morgan fingerprint density at radius 1 is 1.09 bits per heavy atom. The third kappa shape index (κ3) is 4.90. The van der Waals surface area contributed by atoms with E-state index in [2.05, 4.69) is 29.2 Å². The summed E-state index contributed by atoms with van der Waals surface area (Å²) in [6.45, 7) is 4.25. The first-order valence-electron chi connectivity index (χ1n) is 12.1. The topological polar surface area (TPSA) is 57.9 Å². The summed E-state index contributed by atoms with van der Waals surface area (Å²) < 4.78 is 2.09. The van der Waals surface area contributed by atoms with Gasteiger partial charge in [0, 0.05) is 25.8 Å².